The smallest absolute Gasteiger partial charge is 0.338 e. The van der Waals surface area contributed by atoms with Gasteiger partial charge in [-0.3, -0.25) is 4.79 Å². The molecular weight excluding hydrogens is 346 g/mol. The number of methoxy groups -OCH3 is 2. The van der Waals surface area contributed by atoms with Gasteiger partial charge in [0.25, 0.3) is 0 Å². The average Bonchev–Trinajstić information content (AvgIpc) is 2.68. The molecule has 2 aromatic carbocycles. The maximum absolute atomic E-state index is 12.1. The maximum Gasteiger partial charge on any atom is 0.338 e. The Morgan fingerprint density at radius 3 is 2.15 bits per heavy atom. The molecular formula is C21H23NO5. The van der Waals surface area contributed by atoms with Gasteiger partial charge >= 0.3 is 5.97 Å². The fourth-order valence-corrected chi connectivity index (χ4v) is 2.46. The molecule has 0 bridgehead atoms. The molecule has 0 heterocycles. The van der Waals surface area contributed by atoms with E-state index in [2.05, 4.69) is 5.32 Å². The van der Waals surface area contributed by atoms with Gasteiger partial charge < -0.3 is 19.5 Å². The van der Waals surface area contributed by atoms with Crippen LogP contribution in [0.2, 0.25) is 0 Å². The highest BCUT2D eigenvalue weighted by Gasteiger charge is 2.12. The van der Waals surface area contributed by atoms with Gasteiger partial charge in [-0.1, -0.05) is 6.07 Å². The summed E-state index contributed by atoms with van der Waals surface area (Å²) in [4.78, 5) is 23.8. The van der Waals surface area contributed by atoms with Crippen LogP contribution in [0.1, 0.15) is 29.8 Å². The SMILES string of the molecule is CCOC(=O)c1ccc(NC=C(C(C)=O)c2ccc(OC)c(OC)c2)cc1. The predicted octanol–water partition coefficient (Wildman–Crippen LogP) is 3.92. The van der Waals surface area contributed by atoms with Gasteiger partial charge in [-0.25, -0.2) is 4.79 Å². The van der Waals surface area contributed by atoms with Gasteiger partial charge in [0.15, 0.2) is 17.3 Å². The summed E-state index contributed by atoms with van der Waals surface area (Å²) in [6.45, 7) is 3.58. The molecule has 142 valence electrons. The van der Waals surface area contributed by atoms with E-state index in [1.54, 1.807) is 69.8 Å². The quantitative estimate of drug-likeness (QED) is 0.561. The molecule has 0 amide bonds. The molecule has 27 heavy (non-hydrogen) atoms. The normalized spacial score (nSPS) is 10.9. The van der Waals surface area contributed by atoms with Gasteiger partial charge in [-0.15, -0.1) is 0 Å². The lowest BCUT2D eigenvalue weighted by atomic mass is 10.0. The first-order chi connectivity index (χ1) is 13.0. The molecule has 0 aliphatic heterocycles. The minimum atomic E-state index is -0.366. The molecule has 0 fully saturated rings. The number of rotatable bonds is 8. The van der Waals surface area contributed by atoms with E-state index in [1.165, 1.54) is 6.92 Å². The van der Waals surface area contributed by atoms with Crippen molar-refractivity contribution in [3.63, 3.8) is 0 Å². The van der Waals surface area contributed by atoms with Crippen molar-refractivity contribution in [3.8, 4) is 11.5 Å². The topological polar surface area (TPSA) is 73.9 Å². The molecule has 2 rings (SSSR count). The number of carbonyl (C=O) groups excluding carboxylic acids is 2. The van der Waals surface area contributed by atoms with Crippen molar-refractivity contribution >= 4 is 23.0 Å². The highest BCUT2D eigenvalue weighted by Crippen LogP contribution is 2.30. The Hall–Kier alpha value is -3.28. The summed E-state index contributed by atoms with van der Waals surface area (Å²) in [5.74, 6) is 0.666. The molecule has 0 saturated carbocycles. The molecule has 0 aliphatic carbocycles. The Labute approximate surface area is 158 Å². The van der Waals surface area contributed by atoms with Crippen molar-refractivity contribution in [2.75, 3.05) is 26.1 Å². The number of anilines is 1. The van der Waals surface area contributed by atoms with Crippen LogP contribution in [0.25, 0.3) is 5.57 Å². The van der Waals surface area contributed by atoms with Crippen molar-refractivity contribution in [2.45, 2.75) is 13.8 Å². The lowest BCUT2D eigenvalue weighted by molar-refractivity contribution is -0.111. The van der Waals surface area contributed by atoms with E-state index in [1.807, 2.05) is 0 Å². The second kappa shape index (κ2) is 9.43. The maximum atomic E-state index is 12.1. The standard InChI is InChI=1S/C21H23NO5/c1-5-27-21(24)15-6-9-17(10-7-15)22-13-18(14(2)23)16-8-11-19(25-3)20(12-16)26-4/h6-13,22H,5H2,1-4H3. The highest BCUT2D eigenvalue weighted by atomic mass is 16.5. The van der Waals surface area contributed by atoms with E-state index in [0.29, 0.717) is 34.8 Å². The molecule has 0 unspecified atom stereocenters. The summed E-state index contributed by atoms with van der Waals surface area (Å²) < 4.78 is 15.5. The van der Waals surface area contributed by atoms with Crippen LogP contribution in [0.3, 0.4) is 0 Å². The van der Waals surface area contributed by atoms with E-state index in [4.69, 9.17) is 14.2 Å². The second-order valence-corrected chi connectivity index (χ2v) is 5.63. The van der Waals surface area contributed by atoms with Crippen molar-refractivity contribution in [1.82, 2.24) is 0 Å². The second-order valence-electron chi connectivity index (χ2n) is 5.63. The van der Waals surface area contributed by atoms with E-state index >= 15 is 0 Å². The molecule has 0 saturated heterocycles. The fraction of sp³-hybridized carbons (Fsp3) is 0.238. The Bertz CT molecular complexity index is 840. The fourth-order valence-electron chi connectivity index (χ4n) is 2.46. The number of hydrogen-bond donors (Lipinski definition) is 1. The molecule has 0 aliphatic rings. The Kier molecular flexibility index (Phi) is 7.00. The number of hydrogen-bond acceptors (Lipinski definition) is 6. The largest absolute Gasteiger partial charge is 0.493 e. The summed E-state index contributed by atoms with van der Waals surface area (Å²) >= 11 is 0. The van der Waals surface area contributed by atoms with Crippen LogP contribution in [-0.4, -0.2) is 32.6 Å². The van der Waals surface area contributed by atoms with Gasteiger partial charge in [0.1, 0.15) is 0 Å². The Morgan fingerprint density at radius 1 is 0.963 bits per heavy atom. The third-order valence-corrected chi connectivity index (χ3v) is 3.85. The Morgan fingerprint density at radius 2 is 1.59 bits per heavy atom. The van der Waals surface area contributed by atoms with Crippen molar-refractivity contribution in [1.29, 1.82) is 0 Å². The van der Waals surface area contributed by atoms with Crippen LogP contribution in [-0.2, 0) is 9.53 Å². The number of carbonyl (C=O) groups is 2. The zero-order valence-electron chi connectivity index (χ0n) is 15.9. The van der Waals surface area contributed by atoms with Crippen molar-refractivity contribution in [3.05, 3.63) is 59.8 Å². The van der Waals surface area contributed by atoms with E-state index in [9.17, 15) is 9.59 Å². The zero-order chi connectivity index (χ0) is 19.8. The van der Waals surface area contributed by atoms with Crippen molar-refractivity contribution < 1.29 is 23.8 Å². The van der Waals surface area contributed by atoms with Crippen LogP contribution in [0.15, 0.2) is 48.7 Å². The first-order valence-electron chi connectivity index (χ1n) is 8.47. The minimum absolute atomic E-state index is 0.0992. The first kappa shape index (κ1) is 20.0. The number of benzene rings is 2. The van der Waals surface area contributed by atoms with Crippen LogP contribution >= 0.6 is 0 Å². The van der Waals surface area contributed by atoms with Crippen LogP contribution in [0, 0.1) is 0 Å². The molecule has 0 aromatic heterocycles. The number of ether oxygens (including phenoxy) is 3. The summed E-state index contributed by atoms with van der Waals surface area (Å²) in [6, 6.07) is 12.1. The zero-order valence-corrected chi connectivity index (χ0v) is 15.9. The summed E-state index contributed by atoms with van der Waals surface area (Å²) in [5.41, 5.74) is 2.40. The number of Topliss-reactive ketones (excluding diaryl/α,β-unsaturated/α-hetero) is 1. The number of esters is 1. The summed E-state index contributed by atoms with van der Waals surface area (Å²) in [7, 11) is 3.10. The van der Waals surface area contributed by atoms with Crippen molar-refractivity contribution in [2.24, 2.45) is 0 Å². The van der Waals surface area contributed by atoms with Gasteiger partial charge in [-0.05, 0) is 55.8 Å². The monoisotopic (exact) mass is 369 g/mol. The summed E-state index contributed by atoms with van der Waals surface area (Å²) in [5, 5.41) is 3.08. The minimum Gasteiger partial charge on any atom is -0.493 e. The third-order valence-electron chi connectivity index (χ3n) is 3.85. The van der Waals surface area contributed by atoms with Crippen LogP contribution in [0.4, 0.5) is 5.69 Å². The number of ketones is 1. The molecule has 6 nitrogen and oxygen atoms in total. The molecule has 0 radical (unpaired) electrons. The van der Waals surface area contributed by atoms with Gasteiger partial charge in [-0.2, -0.15) is 0 Å². The lowest BCUT2D eigenvalue weighted by Crippen LogP contribution is -2.04. The van der Waals surface area contributed by atoms with Gasteiger partial charge in [0.05, 0.1) is 26.4 Å². The number of nitrogens with one attached hydrogen (secondary N) is 1. The van der Waals surface area contributed by atoms with Crippen LogP contribution in [0.5, 0.6) is 11.5 Å². The molecule has 2 aromatic rings. The van der Waals surface area contributed by atoms with E-state index < -0.39 is 0 Å². The Balaban J connectivity index is 2.23. The van der Waals surface area contributed by atoms with Gasteiger partial charge in [0, 0.05) is 17.5 Å². The predicted molar refractivity (Wildman–Crippen MR) is 104 cm³/mol. The highest BCUT2D eigenvalue weighted by molar-refractivity contribution is 6.19. The van der Waals surface area contributed by atoms with E-state index in [-0.39, 0.29) is 11.8 Å². The van der Waals surface area contributed by atoms with Crippen LogP contribution < -0.4 is 14.8 Å². The number of allylic oxidation sites excluding steroid dienone is 1. The lowest BCUT2D eigenvalue weighted by Gasteiger charge is -2.11. The first-order valence-corrected chi connectivity index (χ1v) is 8.47. The average molecular weight is 369 g/mol. The third kappa shape index (κ3) is 5.10. The van der Waals surface area contributed by atoms with Gasteiger partial charge in [0.2, 0.25) is 0 Å². The molecule has 6 heteroatoms. The molecule has 0 spiro atoms. The molecule has 1 N–H and O–H groups in total. The summed E-state index contributed by atoms with van der Waals surface area (Å²) in [6.07, 6.45) is 1.63. The molecule has 0 atom stereocenters. The van der Waals surface area contributed by atoms with E-state index in [0.717, 1.165) is 5.69 Å².